The Labute approximate surface area is 108 Å². The summed E-state index contributed by atoms with van der Waals surface area (Å²) in [5.74, 6) is -0.585. The van der Waals surface area contributed by atoms with E-state index in [0.717, 1.165) is 6.07 Å². The zero-order valence-electron chi connectivity index (χ0n) is 9.54. The van der Waals surface area contributed by atoms with Crippen LogP contribution >= 0.6 is 10.7 Å². The van der Waals surface area contributed by atoms with Gasteiger partial charge in [-0.05, 0) is 6.07 Å². The number of halogens is 1. The van der Waals surface area contributed by atoms with Crippen LogP contribution in [0, 0.1) is 10.1 Å². The highest BCUT2D eigenvalue weighted by Gasteiger charge is 2.23. The molecule has 100 valence electrons. The monoisotopic (exact) mass is 295 g/mol. The molecule has 0 aliphatic heterocycles. The summed E-state index contributed by atoms with van der Waals surface area (Å²) in [5.41, 5.74) is -0.314. The molecule has 1 aromatic carbocycles. The van der Waals surface area contributed by atoms with Gasteiger partial charge in [0.05, 0.1) is 31.0 Å². The molecule has 0 saturated heterocycles. The molecule has 9 heteroatoms. The summed E-state index contributed by atoms with van der Waals surface area (Å²) < 4.78 is 31.8. The molecular formula is C9H10ClNO6S. The molecule has 0 unspecified atom stereocenters. The van der Waals surface area contributed by atoms with Gasteiger partial charge in [-0.2, -0.15) is 0 Å². The summed E-state index contributed by atoms with van der Waals surface area (Å²) >= 11 is 0. The van der Waals surface area contributed by atoms with Gasteiger partial charge < -0.3 is 9.47 Å². The minimum Gasteiger partial charge on any atom is -0.496 e. The van der Waals surface area contributed by atoms with E-state index in [1.54, 1.807) is 0 Å². The van der Waals surface area contributed by atoms with E-state index in [1.165, 1.54) is 20.3 Å². The summed E-state index contributed by atoms with van der Waals surface area (Å²) in [6.07, 6.45) is 0. The van der Waals surface area contributed by atoms with Gasteiger partial charge in [0.15, 0.2) is 0 Å². The molecular weight excluding hydrogens is 286 g/mol. The largest absolute Gasteiger partial charge is 0.496 e. The van der Waals surface area contributed by atoms with Crippen LogP contribution in [0.2, 0.25) is 0 Å². The lowest BCUT2D eigenvalue weighted by Crippen LogP contribution is -2.03. The van der Waals surface area contributed by atoms with E-state index in [-0.39, 0.29) is 22.7 Å². The van der Waals surface area contributed by atoms with Gasteiger partial charge in [0.1, 0.15) is 5.75 Å². The fourth-order valence-corrected chi connectivity index (χ4v) is 2.36. The first-order chi connectivity index (χ1) is 8.28. The second kappa shape index (κ2) is 5.40. The average molecular weight is 296 g/mol. The van der Waals surface area contributed by atoms with E-state index in [9.17, 15) is 18.5 Å². The maximum atomic E-state index is 11.0. The van der Waals surface area contributed by atoms with Crippen molar-refractivity contribution >= 4 is 25.4 Å². The molecule has 0 radical (unpaired) electrons. The van der Waals surface area contributed by atoms with Crippen LogP contribution < -0.4 is 9.47 Å². The maximum Gasteiger partial charge on any atom is 0.314 e. The average Bonchev–Trinajstić information content (AvgIpc) is 2.25. The second-order valence-corrected chi connectivity index (χ2v) is 6.06. The Bertz CT molecular complexity index is 571. The molecule has 0 N–H and O–H groups in total. The summed E-state index contributed by atoms with van der Waals surface area (Å²) in [6.45, 7) is 0. The second-order valence-electron chi connectivity index (χ2n) is 3.28. The zero-order chi connectivity index (χ0) is 13.9. The number of hydrogen-bond donors (Lipinski definition) is 0. The van der Waals surface area contributed by atoms with Crippen molar-refractivity contribution in [3.8, 4) is 11.5 Å². The van der Waals surface area contributed by atoms with Gasteiger partial charge in [-0.15, -0.1) is 0 Å². The van der Waals surface area contributed by atoms with Crippen molar-refractivity contribution in [2.45, 2.75) is 5.75 Å². The molecule has 18 heavy (non-hydrogen) atoms. The quantitative estimate of drug-likeness (QED) is 0.466. The minimum absolute atomic E-state index is 0.0681. The SMILES string of the molecule is COc1cc(CS(=O)(=O)Cl)c(OC)c([N+](=O)[O-])c1. The van der Waals surface area contributed by atoms with Crippen LogP contribution in [0.15, 0.2) is 12.1 Å². The van der Waals surface area contributed by atoms with Crippen LogP contribution in [-0.4, -0.2) is 27.6 Å². The molecule has 0 bridgehead atoms. The van der Waals surface area contributed by atoms with E-state index >= 15 is 0 Å². The highest BCUT2D eigenvalue weighted by molar-refractivity contribution is 8.13. The number of nitrogens with zero attached hydrogens (tertiary/aromatic N) is 1. The summed E-state index contributed by atoms with van der Waals surface area (Å²) in [4.78, 5) is 10.2. The smallest absolute Gasteiger partial charge is 0.314 e. The molecule has 0 aliphatic rings. The number of nitro benzene ring substituents is 1. The summed E-state index contributed by atoms with van der Waals surface area (Å²) in [5, 5.41) is 10.9. The van der Waals surface area contributed by atoms with Gasteiger partial charge in [0.2, 0.25) is 14.8 Å². The number of nitro groups is 1. The number of methoxy groups -OCH3 is 2. The number of ether oxygens (including phenoxy) is 2. The lowest BCUT2D eigenvalue weighted by Gasteiger charge is -2.09. The third-order valence-electron chi connectivity index (χ3n) is 2.08. The highest BCUT2D eigenvalue weighted by atomic mass is 35.7. The van der Waals surface area contributed by atoms with Crippen molar-refractivity contribution < 1.29 is 22.8 Å². The zero-order valence-corrected chi connectivity index (χ0v) is 11.1. The van der Waals surface area contributed by atoms with Gasteiger partial charge in [-0.1, -0.05) is 0 Å². The topological polar surface area (TPSA) is 95.7 Å². The van der Waals surface area contributed by atoms with Crippen molar-refractivity contribution in [1.29, 1.82) is 0 Å². The third kappa shape index (κ3) is 3.47. The molecule has 7 nitrogen and oxygen atoms in total. The fraction of sp³-hybridized carbons (Fsp3) is 0.333. The molecule has 0 spiro atoms. The Balaban J connectivity index is 3.47. The van der Waals surface area contributed by atoms with Crippen LogP contribution in [0.3, 0.4) is 0 Å². The lowest BCUT2D eigenvalue weighted by atomic mass is 10.2. The van der Waals surface area contributed by atoms with E-state index in [2.05, 4.69) is 0 Å². The molecule has 0 atom stereocenters. The number of rotatable bonds is 5. The van der Waals surface area contributed by atoms with Crippen LogP contribution in [0.4, 0.5) is 5.69 Å². The molecule has 0 aliphatic carbocycles. The van der Waals surface area contributed by atoms with Crippen molar-refractivity contribution in [3.63, 3.8) is 0 Å². The molecule has 0 heterocycles. The summed E-state index contributed by atoms with van der Waals surface area (Å²) in [6, 6.07) is 2.47. The van der Waals surface area contributed by atoms with Crippen molar-refractivity contribution in [3.05, 3.63) is 27.8 Å². The molecule has 0 aromatic heterocycles. The van der Waals surface area contributed by atoms with E-state index in [4.69, 9.17) is 20.2 Å². The first kappa shape index (κ1) is 14.5. The van der Waals surface area contributed by atoms with Gasteiger partial charge >= 0.3 is 5.69 Å². The van der Waals surface area contributed by atoms with Gasteiger partial charge in [0.25, 0.3) is 0 Å². The third-order valence-corrected chi connectivity index (χ3v) is 3.07. The molecule has 0 fully saturated rings. The first-order valence-electron chi connectivity index (χ1n) is 4.60. The van der Waals surface area contributed by atoms with Gasteiger partial charge in [0, 0.05) is 16.2 Å². The predicted molar refractivity (Wildman–Crippen MR) is 64.7 cm³/mol. The Morgan fingerprint density at radius 3 is 2.33 bits per heavy atom. The Kier molecular flexibility index (Phi) is 4.36. The molecule has 0 amide bonds. The fourth-order valence-electron chi connectivity index (χ4n) is 1.43. The Morgan fingerprint density at radius 1 is 1.33 bits per heavy atom. The predicted octanol–water partition coefficient (Wildman–Crippen LogP) is 1.68. The standard InChI is InChI=1S/C9H10ClNO6S/c1-16-7-3-6(5-18(10,14)15)9(17-2)8(4-7)11(12)13/h3-4H,5H2,1-2H3. The van der Waals surface area contributed by atoms with E-state index in [0.29, 0.717) is 0 Å². The first-order valence-corrected chi connectivity index (χ1v) is 7.08. The van der Waals surface area contributed by atoms with Crippen molar-refractivity contribution in [2.75, 3.05) is 14.2 Å². The van der Waals surface area contributed by atoms with Crippen LogP contribution in [-0.2, 0) is 14.8 Å². The van der Waals surface area contributed by atoms with Gasteiger partial charge in [-0.25, -0.2) is 8.42 Å². The molecule has 1 aromatic rings. The number of hydrogen-bond acceptors (Lipinski definition) is 6. The van der Waals surface area contributed by atoms with Crippen LogP contribution in [0.1, 0.15) is 5.56 Å². The highest BCUT2D eigenvalue weighted by Crippen LogP contribution is 2.36. The van der Waals surface area contributed by atoms with Gasteiger partial charge in [-0.3, -0.25) is 10.1 Å². The lowest BCUT2D eigenvalue weighted by molar-refractivity contribution is -0.385. The maximum absolute atomic E-state index is 11.0. The van der Waals surface area contributed by atoms with Crippen molar-refractivity contribution in [1.82, 2.24) is 0 Å². The summed E-state index contributed by atoms with van der Waals surface area (Å²) in [7, 11) is 3.78. The van der Waals surface area contributed by atoms with E-state index in [1.807, 2.05) is 0 Å². The Hall–Kier alpha value is -1.54. The van der Waals surface area contributed by atoms with Crippen molar-refractivity contribution in [2.24, 2.45) is 0 Å². The van der Waals surface area contributed by atoms with Crippen LogP contribution in [0.5, 0.6) is 11.5 Å². The Morgan fingerprint density at radius 2 is 1.94 bits per heavy atom. The van der Waals surface area contributed by atoms with E-state index < -0.39 is 19.7 Å². The minimum atomic E-state index is -3.86. The number of benzene rings is 1. The molecule has 0 saturated carbocycles. The van der Waals surface area contributed by atoms with Crippen LogP contribution in [0.25, 0.3) is 0 Å². The normalized spacial score (nSPS) is 11.1. The molecule has 1 rings (SSSR count).